The van der Waals surface area contributed by atoms with Crippen LogP contribution in [0.2, 0.25) is 0 Å². The highest BCUT2D eigenvalue weighted by atomic mass is 16.5. The van der Waals surface area contributed by atoms with Gasteiger partial charge in [-0.05, 0) is 12.1 Å². The number of carbonyl (C=O) groups is 1. The van der Waals surface area contributed by atoms with E-state index in [0.29, 0.717) is 25.3 Å². The van der Waals surface area contributed by atoms with Gasteiger partial charge in [-0.2, -0.15) is 0 Å². The van der Waals surface area contributed by atoms with E-state index < -0.39 is 12.2 Å². The molecule has 2 N–H and O–H groups in total. The topological polar surface area (TPSA) is 89.3 Å². The average molecular weight is 378 g/mol. The molecule has 1 aromatic heterocycles. The monoisotopic (exact) mass is 378 g/mol. The molecule has 7 heteroatoms. The van der Waals surface area contributed by atoms with Crippen LogP contribution in [0.4, 0.5) is 0 Å². The van der Waals surface area contributed by atoms with Gasteiger partial charge in [-0.25, -0.2) is 4.68 Å². The van der Waals surface area contributed by atoms with Gasteiger partial charge in [-0.3, -0.25) is 4.79 Å². The summed E-state index contributed by atoms with van der Waals surface area (Å²) in [5.41, 5.74) is 2.48. The predicted molar refractivity (Wildman–Crippen MR) is 103 cm³/mol. The van der Waals surface area contributed by atoms with E-state index in [9.17, 15) is 9.90 Å². The maximum atomic E-state index is 12.2. The van der Waals surface area contributed by atoms with Crippen molar-refractivity contribution in [1.29, 1.82) is 0 Å². The van der Waals surface area contributed by atoms with Crippen LogP contribution in [-0.4, -0.2) is 51.4 Å². The minimum atomic E-state index is -0.691. The number of rotatable bonds is 6. The molecule has 7 nitrogen and oxygen atoms in total. The Morgan fingerprint density at radius 2 is 1.86 bits per heavy atom. The van der Waals surface area contributed by atoms with Gasteiger partial charge >= 0.3 is 0 Å². The Labute approximate surface area is 163 Å². The zero-order valence-electron chi connectivity index (χ0n) is 15.3. The second-order valence-electron chi connectivity index (χ2n) is 6.87. The molecular formula is C21H22N4O3. The molecule has 0 saturated carbocycles. The van der Waals surface area contributed by atoms with Gasteiger partial charge in [0.1, 0.15) is 6.10 Å². The molecule has 144 valence electrons. The van der Waals surface area contributed by atoms with Crippen LogP contribution >= 0.6 is 0 Å². The molecule has 0 spiro atoms. The molecule has 0 radical (unpaired) electrons. The molecule has 3 atom stereocenters. The van der Waals surface area contributed by atoms with Crippen molar-refractivity contribution in [3.05, 3.63) is 72.4 Å². The maximum absolute atomic E-state index is 12.2. The van der Waals surface area contributed by atoms with Crippen LogP contribution in [-0.2, 0) is 11.3 Å². The van der Waals surface area contributed by atoms with E-state index in [1.165, 1.54) is 0 Å². The standard InChI is InChI=1S/C21H22N4O3/c26-20-17(11-22-21(27)16-9-5-2-6-10-16)14-28-19(20)13-25-18(12-23-24-25)15-7-3-1-4-8-15/h1-10,12,17,19-20,26H,11,13-14H2,(H,22,27)/t17-,19-,20+/m1/s1. The molecule has 4 rings (SSSR count). The Morgan fingerprint density at radius 1 is 1.14 bits per heavy atom. The number of benzene rings is 2. The van der Waals surface area contributed by atoms with Gasteiger partial charge in [0.05, 0.1) is 31.1 Å². The van der Waals surface area contributed by atoms with Crippen LogP contribution in [0, 0.1) is 5.92 Å². The number of aliphatic hydroxyl groups is 1. The Kier molecular flexibility index (Phi) is 5.45. The van der Waals surface area contributed by atoms with Crippen molar-refractivity contribution in [3.63, 3.8) is 0 Å². The zero-order valence-corrected chi connectivity index (χ0v) is 15.3. The van der Waals surface area contributed by atoms with E-state index in [0.717, 1.165) is 11.3 Å². The third-order valence-electron chi connectivity index (χ3n) is 4.99. The number of aliphatic hydroxyl groups excluding tert-OH is 1. The molecule has 1 saturated heterocycles. The first-order chi connectivity index (χ1) is 13.7. The Balaban J connectivity index is 1.36. The van der Waals surface area contributed by atoms with Gasteiger partial charge in [0, 0.05) is 23.6 Å². The maximum Gasteiger partial charge on any atom is 0.251 e. The van der Waals surface area contributed by atoms with Gasteiger partial charge in [0.2, 0.25) is 0 Å². The van der Waals surface area contributed by atoms with Crippen LogP contribution in [0.3, 0.4) is 0 Å². The molecule has 0 aliphatic carbocycles. The van der Waals surface area contributed by atoms with Crippen LogP contribution in [0.1, 0.15) is 10.4 Å². The SMILES string of the molecule is O=C(NC[C@@H]1CO[C@H](Cn2nncc2-c2ccccc2)[C@H]1O)c1ccccc1. The zero-order chi connectivity index (χ0) is 19.3. The van der Waals surface area contributed by atoms with Crippen molar-refractivity contribution in [1.82, 2.24) is 20.3 Å². The van der Waals surface area contributed by atoms with Gasteiger partial charge < -0.3 is 15.2 Å². The van der Waals surface area contributed by atoms with Gasteiger partial charge in [-0.15, -0.1) is 5.10 Å². The molecule has 0 unspecified atom stereocenters. The Morgan fingerprint density at radius 3 is 2.61 bits per heavy atom. The molecule has 2 heterocycles. The quantitative estimate of drug-likeness (QED) is 0.682. The van der Waals surface area contributed by atoms with E-state index in [4.69, 9.17) is 4.74 Å². The summed E-state index contributed by atoms with van der Waals surface area (Å²) in [4.78, 5) is 12.2. The number of nitrogens with zero attached hydrogens (tertiary/aromatic N) is 3. The van der Waals surface area contributed by atoms with Gasteiger partial charge in [-0.1, -0.05) is 53.7 Å². The fraction of sp³-hybridized carbons (Fsp3) is 0.286. The number of carbonyl (C=O) groups excluding carboxylic acids is 1. The van der Waals surface area contributed by atoms with E-state index in [2.05, 4.69) is 15.6 Å². The lowest BCUT2D eigenvalue weighted by Crippen LogP contribution is -2.37. The van der Waals surface area contributed by atoms with Gasteiger partial charge in [0.25, 0.3) is 5.91 Å². The van der Waals surface area contributed by atoms with Crippen LogP contribution in [0.15, 0.2) is 66.9 Å². The van der Waals surface area contributed by atoms with Crippen molar-refractivity contribution in [2.45, 2.75) is 18.8 Å². The number of aromatic nitrogens is 3. The van der Waals surface area contributed by atoms with Crippen LogP contribution in [0.5, 0.6) is 0 Å². The first kappa shape index (κ1) is 18.3. The van der Waals surface area contributed by atoms with Gasteiger partial charge in [0.15, 0.2) is 0 Å². The summed E-state index contributed by atoms with van der Waals surface area (Å²) in [5.74, 6) is -0.319. The first-order valence-electron chi connectivity index (χ1n) is 9.29. The number of nitrogens with one attached hydrogen (secondary N) is 1. The summed E-state index contributed by atoms with van der Waals surface area (Å²) in [7, 11) is 0. The summed E-state index contributed by atoms with van der Waals surface area (Å²) in [6, 6.07) is 18.9. The summed E-state index contributed by atoms with van der Waals surface area (Å²) in [6.07, 6.45) is 0.612. The van der Waals surface area contributed by atoms with Crippen molar-refractivity contribution in [2.24, 2.45) is 5.92 Å². The second-order valence-corrected chi connectivity index (χ2v) is 6.87. The Hall–Kier alpha value is -3.03. The molecule has 1 aliphatic rings. The minimum Gasteiger partial charge on any atom is -0.390 e. The number of ether oxygens (including phenoxy) is 1. The average Bonchev–Trinajstić information content (AvgIpc) is 3.35. The van der Waals surface area contributed by atoms with Crippen LogP contribution < -0.4 is 5.32 Å². The third-order valence-corrected chi connectivity index (χ3v) is 4.99. The number of amides is 1. The second kappa shape index (κ2) is 8.33. The van der Waals surface area contributed by atoms with Crippen molar-refractivity contribution in [3.8, 4) is 11.3 Å². The molecule has 1 aliphatic heterocycles. The summed E-state index contributed by atoms with van der Waals surface area (Å²) in [6.45, 7) is 1.14. The Bertz CT molecular complexity index is 914. The van der Waals surface area contributed by atoms with E-state index in [-0.39, 0.29) is 11.8 Å². The summed E-state index contributed by atoms with van der Waals surface area (Å²) >= 11 is 0. The normalized spacial score (nSPS) is 21.5. The molecule has 0 bridgehead atoms. The van der Waals surface area contributed by atoms with E-state index in [1.807, 2.05) is 48.5 Å². The lowest BCUT2D eigenvalue weighted by Gasteiger charge is -2.18. The third kappa shape index (κ3) is 3.95. The lowest BCUT2D eigenvalue weighted by atomic mass is 10.0. The molecule has 1 amide bonds. The fourth-order valence-electron chi connectivity index (χ4n) is 3.40. The largest absolute Gasteiger partial charge is 0.390 e. The van der Waals surface area contributed by atoms with E-state index in [1.54, 1.807) is 23.0 Å². The highest BCUT2D eigenvalue weighted by Crippen LogP contribution is 2.24. The van der Waals surface area contributed by atoms with Crippen LogP contribution in [0.25, 0.3) is 11.3 Å². The van der Waals surface area contributed by atoms with Crippen molar-refractivity contribution < 1.29 is 14.6 Å². The molecule has 2 aromatic carbocycles. The fourth-order valence-corrected chi connectivity index (χ4v) is 3.40. The number of hydrogen-bond donors (Lipinski definition) is 2. The molecule has 28 heavy (non-hydrogen) atoms. The van der Waals surface area contributed by atoms with E-state index >= 15 is 0 Å². The smallest absolute Gasteiger partial charge is 0.251 e. The molecule has 3 aromatic rings. The molecular weight excluding hydrogens is 356 g/mol. The lowest BCUT2D eigenvalue weighted by molar-refractivity contribution is 0.0256. The summed E-state index contributed by atoms with van der Waals surface area (Å²) in [5, 5.41) is 21.7. The molecule has 1 fully saturated rings. The van der Waals surface area contributed by atoms with Crippen molar-refractivity contribution >= 4 is 5.91 Å². The predicted octanol–water partition coefficient (Wildman–Crippen LogP) is 1.75. The highest BCUT2D eigenvalue weighted by Gasteiger charge is 2.36. The summed E-state index contributed by atoms with van der Waals surface area (Å²) < 4.78 is 7.53. The first-order valence-corrected chi connectivity index (χ1v) is 9.29. The highest BCUT2D eigenvalue weighted by molar-refractivity contribution is 5.94. The number of hydrogen-bond acceptors (Lipinski definition) is 5. The van der Waals surface area contributed by atoms with Crippen molar-refractivity contribution in [2.75, 3.05) is 13.2 Å². The minimum absolute atomic E-state index is 0.154.